The van der Waals surface area contributed by atoms with E-state index in [0.29, 0.717) is 23.3 Å². The molecule has 0 aromatic heterocycles. The van der Waals surface area contributed by atoms with E-state index in [1.165, 1.54) is 25.0 Å². The molecule has 11 heteroatoms. The van der Waals surface area contributed by atoms with E-state index < -0.39 is 23.1 Å². The van der Waals surface area contributed by atoms with Crippen LogP contribution in [0.15, 0.2) is 30.0 Å². The second kappa shape index (κ2) is 13.8. The Bertz CT molecular complexity index is 1380. The third-order valence-electron chi connectivity index (χ3n) is 6.31. The smallest absolute Gasteiger partial charge is 0.354 e. The van der Waals surface area contributed by atoms with Gasteiger partial charge in [0.25, 0.3) is 0 Å². The number of fused-ring (bicyclic) bond motifs is 1. The second-order valence-corrected chi connectivity index (χ2v) is 10.3. The fraction of sp³-hybridized carbons (Fsp3) is 0.400. The van der Waals surface area contributed by atoms with Gasteiger partial charge in [-0.15, -0.1) is 17.0 Å². The first-order valence-corrected chi connectivity index (χ1v) is 13.0. The Balaban J connectivity index is 0.00000588. The number of amides is 1. The molecular formula is C30H37BrFN3O6. The predicted octanol–water partition coefficient (Wildman–Crippen LogP) is 5.17. The monoisotopic (exact) mass is 633 g/mol. The van der Waals surface area contributed by atoms with Gasteiger partial charge in [0.1, 0.15) is 11.5 Å². The Morgan fingerprint density at radius 3 is 2.34 bits per heavy atom. The number of hydrogen-bond acceptors (Lipinski definition) is 7. The van der Waals surface area contributed by atoms with Crippen molar-refractivity contribution in [2.24, 2.45) is 0 Å². The van der Waals surface area contributed by atoms with E-state index in [1.54, 1.807) is 38.1 Å². The van der Waals surface area contributed by atoms with Crippen molar-refractivity contribution in [2.45, 2.75) is 53.5 Å². The average Bonchev–Trinajstić information content (AvgIpc) is 3.19. The van der Waals surface area contributed by atoms with Crippen LogP contribution in [0.1, 0.15) is 74.2 Å². The molecule has 0 spiro atoms. The largest absolute Gasteiger partial charge is 0.490 e. The van der Waals surface area contributed by atoms with Gasteiger partial charge >= 0.3 is 5.97 Å². The minimum Gasteiger partial charge on any atom is -0.490 e. The van der Waals surface area contributed by atoms with Crippen molar-refractivity contribution in [3.8, 4) is 11.5 Å². The fourth-order valence-corrected chi connectivity index (χ4v) is 4.53. The lowest BCUT2D eigenvalue weighted by Crippen LogP contribution is -2.30. The molecule has 1 amide bonds. The number of ether oxygens (including phenoxy) is 3. The number of Topliss-reactive ketones (excluding diaryl/α,β-unsaturated/α-hetero) is 1. The first-order valence-electron chi connectivity index (χ1n) is 13.0. The lowest BCUT2D eigenvalue weighted by Gasteiger charge is -2.24. The van der Waals surface area contributed by atoms with Crippen molar-refractivity contribution in [2.75, 3.05) is 26.9 Å². The summed E-state index contributed by atoms with van der Waals surface area (Å²) in [5.41, 5.74) is 1.99. The summed E-state index contributed by atoms with van der Waals surface area (Å²) in [6.45, 7) is 11.3. The van der Waals surface area contributed by atoms with Crippen molar-refractivity contribution in [1.29, 1.82) is 5.41 Å². The maximum Gasteiger partial charge on any atom is 0.354 e. The maximum absolute atomic E-state index is 15.4. The Hall–Kier alpha value is -3.73. The quantitative estimate of drug-likeness (QED) is 0.210. The summed E-state index contributed by atoms with van der Waals surface area (Å²) in [5.74, 6) is -1.92. The summed E-state index contributed by atoms with van der Waals surface area (Å²) in [7, 11) is 1.22. The maximum atomic E-state index is 15.4. The van der Waals surface area contributed by atoms with Crippen molar-refractivity contribution in [3.63, 3.8) is 0 Å². The zero-order valence-corrected chi connectivity index (χ0v) is 26.1. The highest BCUT2D eigenvalue weighted by Gasteiger charge is 2.33. The molecule has 0 bridgehead atoms. The van der Waals surface area contributed by atoms with E-state index in [-0.39, 0.29) is 71.1 Å². The number of amidine groups is 1. The van der Waals surface area contributed by atoms with Crippen LogP contribution in [0, 0.1) is 11.2 Å². The van der Waals surface area contributed by atoms with Crippen molar-refractivity contribution < 1.29 is 33.0 Å². The number of nitrogens with one attached hydrogen (secondary N) is 2. The van der Waals surface area contributed by atoms with Crippen LogP contribution in [0.3, 0.4) is 0 Å². The fourth-order valence-electron chi connectivity index (χ4n) is 4.53. The SMILES string of the molecule is Br.CCOc1cc2c(c(F)c1OCC)C(=N)N(CC(=O)c1ccc(C=C(NC(C)=O)C(=O)OC)c(C(C)(C)C)c1)C2. The van der Waals surface area contributed by atoms with Gasteiger partial charge in [0, 0.05) is 19.0 Å². The predicted molar refractivity (Wildman–Crippen MR) is 160 cm³/mol. The highest BCUT2D eigenvalue weighted by atomic mass is 79.9. The molecule has 3 rings (SSSR count). The molecule has 0 aliphatic carbocycles. The summed E-state index contributed by atoms with van der Waals surface area (Å²) < 4.78 is 31.2. The van der Waals surface area contributed by atoms with Crippen LogP contribution in [0.5, 0.6) is 11.5 Å². The van der Waals surface area contributed by atoms with Crippen LogP contribution >= 0.6 is 17.0 Å². The molecule has 2 N–H and O–H groups in total. The number of carbonyl (C=O) groups is 3. The van der Waals surface area contributed by atoms with E-state index in [1.807, 2.05) is 20.8 Å². The summed E-state index contributed by atoms with van der Waals surface area (Å²) >= 11 is 0. The molecule has 2 aromatic carbocycles. The molecule has 222 valence electrons. The molecule has 0 saturated carbocycles. The van der Waals surface area contributed by atoms with E-state index >= 15 is 4.39 Å². The molecule has 1 aliphatic rings. The Morgan fingerprint density at radius 2 is 1.78 bits per heavy atom. The summed E-state index contributed by atoms with van der Waals surface area (Å²) in [4.78, 5) is 38.8. The summed E-state index contributed by atoms with van der Waals surface area (Å²) in [6, 6.07) is 6.73. The van der Waals surface area contributed by atoms with Gasteiger partial charge in [-0.3, -0.25) is 15.0 Å². The van der Waals surface area contributed by atoms with E-state index in [4.69, 9.17) is 19.6 Å². The minimum absolute atomic E-state index is 0. The molecular weight excluding hydrogens is 597 g/mol. The number of esters is 1. The molecule has 0 fully saturated rings. The minimum atomic E-state index is -0.699. The first-order chi connectivity index (χ1) is 18.8. The molecule has 41 heavy (non-hydrogen) atoms. The summed E-state index contributed by atoms with van der Waals surface area (Å²) in [5, 5.41) is 11.1. The average molecular weight is 635 g/mol. The van der Waals surface area contributed by atoms with Crippen LogP contribution in [0.4, 0.5) is 4.39 Å². The molecule has 1 aliphatic heterocycles. The van der Waals surface area contributed by atoms with Gasteiger partial charge in [-0.2, -0.15) is 0 Å². The van der Waals surface area contributed by atoms with Crippen molar-refractivity contribution in [1.82, 2.24) is 10.2 Å². The number of hydrogen-bond donors (Lipinski definition) is 2. The topological polar surface area (TPSA) is 118 Å². The lowest BCUT2D eigenvalue weighted by atomic mass is 9.82. The zero-order valence-electron chi connectivity index (χ0n) is 24.4. The highest BCUT2D eigenvalue weighted by Crippen LogP contribution is 2.39. The molecule has 0 radical (unpaired) electrons. The van der Waals surface area contributed by atoms with Gasteiger partial charge < -0.3 is 24.4 Å². The lowest BCUT2D eigenvalue weighted by molar-refractivity contribution is -0.137. The number of ketones is 1. The van der Waals surface area contributed by atoms with Crippen LogP contribution in [0.25, 0.3) is 6.08 Å². The second-order valence-electron chi connectivity index (χ2n) is 10.3. The third kappa shape index (κ3) is 7.52. The summed E-state index contributed by atoms with van der Waals surface area (Å²) in [6.07, 6.45) is 1.52. The molecule has 0 atom stereocenters. The number of methoxy groups -OCH3 is 1. The van der Waals surface area contributed by atoms with Gasteiger partial charge in [0.2, 0.25) is 5.91 Å². The first kappa shape index (κ1) is 33.5. The highest BCUT2D eigenvalue weighted by molar-refractivity contribution is 8.93. The molecule has 9 nitrogen and oxygen atoms in total. The third-order valence-corrected chi connectivity index (χ3v) is 6.31. The Labute approximate surface area is 250 Å². The molecule has 0 unspecified atom stereocenters. The van der Waals surface area contributed by atoms with Gasteiger partial charge in [-0.25, -0.2) is 9.18 Å². The molecule has 1 heterocycles. The van der Waals surface area contributed by atoms with Crippen LogP contribution in [-0.4, -0.2) is 55.3 Å². The molecule has 2 aromatic rings. The standard InChI is InChI=1S/C30H36FN3O6.BrH/c1-8-39-24-14-20-15-34(28(32)25(20)26(31)27(24)40-9-2)16-23(36)19-11-10-18(21(12-19)30(4,5)6)13-22(29(37)38-7)33-17(3)35;/h10-14,32H,8-9,15-16H2,1-7H3,(H,33,35);1H. The zero-order chi connectivity index (χ0) is 29.8. The number of nitrogens with zero attached hydrogens (tertiary/aromatic N) is 1. The van der Waals surface area contributed by atoms with Crippen molar-refractivity contribution in [3.05, 3.63) is 63.6 Å². The van der Waals surface area contributed by atoms with E-state index in [9.17, 15) is 14.4 Å². The Kier molecular flexibility index (Phi) is 11.2. The van der Waals surface area contributed by atoms with Gasteiger partial charge in [-0.05, 0) is 54.2 Å². The van der Waals surface area contributed by atoms with E-state index in [2.05, 4.69) is 5.32 Å². The van der Waals surface area contributed by atoms with Crippen LogP contribution in [-0.2, 0) is 26.3 Å². The number of rotatable bonds is 10. The number of carbonyl (C=O) groups excluding carboxylic acids is 3. The van der Waals surface area contributed by atoms with Gasteiger partial charge in [-0.1, -0.05) is 32.9 Å². The van der Waals surface area contributed by atoms with Crippen LogP contribution < -0.4 is 14.8 Å². The molecule has 0 saturated heterocycles. The Morgan fingerprint density at radius 1 is 1.12 bits per heavy atom. The number of benzene rings is 2. The van der Waals surface area contributed by atoms with Gasteiger partial charge in [0.15, 0.2) is 23.1 Å². The van der Waals surface area contributed by atoms with Crippen LogP contribution in [0.2, 0.25) is 0 Å². The van der Waals surface area contributed by atoms with E-state index in [0.717, 1.165) is 5.56 Å². The number of halogens is 2. The van der Waals surface area contributed by atoms with Gasteiger partial charge in [0.05, 0.1) is 32.4 Å². The van der Waals surface area contributed by atoms with Crippen molar-refractivity contribution >= 4 is 46.6 Å². The normalized spacial score (nSPS) is 12.8.